The van der Waals surface area contributed by atoms with E-state index >= 15 is 0 Å². The molecule has 2 heterocycles. The Morgan fingerprint density at radius 3 is 2.76 bits per heavy atom. The summed E-state index contributed by atoms with van der Waals surface area (Å²) in [7, 11) is 1.92. The maximum Gasteiger partial charge on any atom is 0.326 e. The molecule has 0 radical (unpaired) electrons. The van der Waals surface area contributed by atoms with Gasteiger partial charge < -0.3 is 5.32 Å². The largest absolute Gasteiger partial charge is 0.326 e. The van der Waals surface area contributed by atoms with E-state index in [0.717, 1.165) is 16.6 Å². The van der Waals surface area contributed by atoms with Crippen LogP contribution < -0.4 is 5.32 Å². The van der Waals surface area contributed by atoms with Gasteiger partial charge >= 0.3 is 6.03 Å². The Morgan fingerprint density at radius 2 is 2.19 bits per heavy atom. The third-order valence-electron chi connectivity index (χ3n) is 4.13. The molecule has 0 aromatic carbocycles. The predicted molar refractivity (Wildman–Crippen MR) is 84.9 cm³/mol. The van der Waals surface area contributed by atoms with Crippen molar-refractivity contribution in [1.82, 2.24) is 15.1 Å². The van der Waals surface area contributed by atoms with Crippen LogP contribution in [-0.2, 0) is 11.3 Å². The van der Waals surface area contributed by atoms with Gasteiger partial charge in [0.2, 0.25) is 0 Å². The SMILES string of the molecule is CN(Cc1ccc(Br)s1)CN1C(=O)N[C@](C)(C2CC2)C1=O. The molecular formula is C14H18BrN3O2S. The van der Waals surface area contributed by atoms with Gasteiger partial charge in [-0.25, -0.2) is 9.69 Å². The van der Waals surface area contributed by atoms with E-state index in [4.69, 9.17) is 0 Å². The highest BCUT2D eigenvalue weighted by Gasteiger charge is 2.56. The number of urea groups is 1. The average molecular weight is 372 g/mol. The van der Waals surface area contributed by atoms with Crippen molar-refractivity contribution < 1.29 is 9.59 Å². The summed E-state index contributed by atoms with van der Waals surface area (Å²) in [6.45, 7) is 2.89. The van der Waals surface area contributed by atoms with Crippen molar-refractivity contribution in [3.8, 4) is 0 Å². The first-order valence-corrected chi connectivity index (χ1v) is 8.58. The summed E-state index contributed by atoms with van der Waals surface area (Å²) in [5, 5.41) is 2.87. The summed E-state index contributed by atoms with van der Waals surface area (Å²) in [5.74, 6) is 0.215. The maximum absolute atomic E-state index is 12.5. The van der Waals surface area contributed by atoms with Crippen LogP contribution in [0.2, 0.25) is 0 Å². The predicted octanol–water partition coefficient (Wildman–Crippen LogP) is 2.62. The van der Waals surface area contributed by atoms with E-state index in [0.29, 0.717) is 19.1 Å². The number of hydrogen-bond donors (Lipinski definition) is 1. The van der Waals surface area contributed by atoms with Crippen molar-refractivity contribution in [2.75, 3.05) is 13.7 Å². The van der Waals surface area contributed by atoms with Crippen molar-refractivity contribution in [2.45, 2.75) is 31.8 Å². The van der Waals surface area contributed by atoms with E-state index in [1.54, 1.807) is 11.3 Å². The van der Waals surface area contributed by atoms with Crippen LogP contribution in [-0.4, -0.2) is 41.0 Å². The molecule has 7 heteroatoms. The second-order valence-corrected chi connectivity index (χ2v) is 8.55. The molecule has 114 valence electrons. The van der Waals surface area contributed by atoms with Gasteiger partial charge in [-0.15, -0.1) is 11.3 Å². The number of nitrogens with one attached hydrogen (secondary N) is 1. The Kier molecular flexibility index (Phi) is 3.83. The second kappa shape index (κ2) is 5.37. The van der Waals surface area contributed by atoms with Gasteiger partial charge in [-0.1, -0.05) is 0 Å². The monoisotopic (exact) mass is 371 g/mol. The molecule has 0 unspecified atom stereocenters. The first-order valence-electron chi connectivity index (χ1n) is 6.97. The number of amides is 3. The highest BCUT2D eigenvalue weighted by Crippen LogP contribution is 2.42. The molecule has 1 aliphatic carbocycles. The summed E-state index contributed by atoms with van der Waals surface area (Å²) in [6.07, 6.45) is 2.05. The zero-order chi connectivity index (χ0) is 15.2. The van der Waals surface area contributed by atoms with Crippen molar-refractivity contribution in [1.29, 1.82) is 0 Å². The first-order chi connectivity index (χ1) is 9.90. The van der Waals surface area contributed by atoms with E-state index in [-0.39, 0.29) is 11.9 Å². The van der Waals surface area contributed by atoms with Gasteiger partial charge in [0.15, 0.2) is 0 Å². The van der Waals surface area contributed by atoms with E-state index in [1.807, 2.05) is 31.0 Å². The van der Waals surface area contributed by atoms with E-state index in [2.05, 4.69) is 21.2 Å². The number of hydrogen-bond acceptors (Lipinski definition) is 4. The lowest BCUT2D eigenvalue weighted by Crippen LogP contribution is -2.46. The van der Waals surface area contributed by atoms with Gasteiger partial charge in [0.1, 0.15) is 5.54 Å². The molecule has 0 bridgehead atoms. The van der Waals surface area contributed by atoms with E-state index < -0.39 is 5.54 Å². The number of carbonyl (C=O) groups excluding carboxylic acids is 2. The highest BCUT2D eigenvalue weighted by atomic mass is 79.9. The minimum Gasteiger partial charge on any atom is -0.323 e. The molecule has 1 aliphatic heterocycles. The fraction of sp³-hybridized carbons (Fsp3) is 0.571. The van der Waals surface area contributed by atoms with Crippen LogP contribution in [0.5, 0.6) is 0 Å². The summed E-state index contributed by atoms with van der Waals surface area (Å²) < 4.78 is 1.09. The fourth-order valence-electron chi connectivity index (χ4n) is 2.78. The number of nitrogens with zero attached hydrogens (tertiary/aromatic N) is 2. The Morgan fingerprint density at radius 1 is 1.48 bits per heavy atom. The van der Waals surface area contributed by atoms with Crippen LogP contribution in [0, 0.1) is 5.92 Å². The maximum atomic E-state index is 12.5. The molecule has 21 heavy (non-hydrogen) atoms. The normalized spacial score (nSPS) is 25.8. The van der Waals surface area contributed by atoms with Crippen molar-refractivity contribution in [2.24, 2.45) is 5.92 Å². The van der Waals surface area contributed by atoms with Gasteiger partial charge in [-0.2, -0.15) is 0 Å². The molecule has 1 saturated heterocycles. The lowest BCUT2D eigenvalue weighted by Gasteiger charge is -2.24. The third kappa shape index (κ3) is 2.86. The fourth-order valence-corrected chi connectivity index (χ4v) is 4.34. The molecule has 3 rings (SSSR count). The summed E-state index contributed by atoms with van der Waals surface area (Å²) in [4.78, 5) is 29.1. The third-order valence-corrected chi connectivity index (χ3v) is 5.74. The van der Waals surface area contributed by atoms with Gasteiger partial charge in [0.25, 0.3) is 5.91 Å². The summed E-state index contributed by atoms with van der Waals surface area (Å²) >= 11 is 5.10. The second-order valence-electron chi connectivity index (χ2n) is 6.00. The molecule has 1 atom stereocenters. The van der Waals surface area contributed by atoms with Crippen LogP contribution >= 0.6 is 27.3 Å². The van der Waals surface area contributed by atoms with E-state index in [9.17, 15) is 9.59 Å². The van der Waals surface area contributed by atoms with Gasteiger partial charge in [-0.3, -0.25) is 9.69 Å². The lowest BCUT2D eigenvalue weighted by atomic mass is 9.96. The summed E-state index contributed by atoms with van der Waals surface area (Å²) in [6, 6.07) is 3.78. The number of halogens is 1. The molecule has 1 aromatic heterocycles. The quantitative estimate of drug-likeness (QED) is 0.809. The molecule has 2 fully saturated rings. The molecule has 1 saturated carbocycles. The van der Waals surface area contributed by atoms with Crippen LogP contribution in [0.4, 0.5) is 4.79 Å². The standard InChI is InChI=1S/C14H18BrN3O2S/c1-14(9-3-4-9)12(19)18(13(20)16-14)8-17(2)7-10-5-6-11(15)21-10/h5-6,9H,3-4,7-8H2,1-2H3,(H,16,20)/t14-/m1/s1. The lowest BCUT2D eigenvalue weighted by molar-refractivity contribution is -0.132. The molecule has 2 aliphatic rings. The van der Waals surface area contributed by atoms with Crippen LogP contribution in [0.25, 0.3) is 0 Å². The van der Waals surface area contributed by atoms with Crippen LogP contribution in [0.1, 0.15) is 24.6 Å². The average Bonchev–Trinajstić information content (AvgIpc) is 3.16. The van der Waals surface area contributed by atoms with Gasteiger partial charge in [-0.05, 0) is 60.8 Å². The molecule has 5 nitrogen and oxygen atoms in total. The van der Waals surface area contributed by atoms with Gasteiger partial charge in [0.05, 0.1) is 10.5 Å². The number of imide groups is 1. The van der Waals surface area contributed by atoms with Crippen LogP contribution in [0.3, 0.4) is 0 Å². The zero-order valence-electron chi connectivity index (χ0n) is 12.1. The number of rotatable bonds is 5. The molecule has 1 N–H and O–H groups in total. The van der Waals surface area contributed by atoms with Crippen molar-refractivity contribution in [3.05, 3.63) is 20.8 Å². The Bertz CT molecular complexity index is 587. The van der Waals surface area contributed by atoms with Crippen LogP contribution in [0.15, 0.2) is 15.9 Å². The molecule has 1 aromatic rings. The Hall–Kier alpha value is -0.920. The first kappa shape index (κ1) is 15.0. The zero-order valence-corrected chi connectivity index (χ0v) is 14.5. The number of carbonyl (C=O) groups is 2. The number of thiophene rings is 1. The Balaban J connectivity index is 1.64. The smallest absolute Gasteiger partial charge is 0.323 e. The minimum absolute atomic E-state index is 0.0887. The highest BCUT2D eigenvalue weighted by molar-refractivity contribution is 9.11. The minimum atomic E-state index is -0.691. The van der Waals surface area contributed by atoms with Crippen molar-refractivity contribution in [3.63, 3.8) is 0 Å². The van der Waals surface area contributed by atoms with Gasteiger partial charge in [0, 0.05) is 11.4 Å². The van der Waals surface area contributed by atoms with Crippen molar-refractivity contribution >= 4 is 39.2 Å². The molecular weight excluding hydrogens is 354 g/mol. The molecule has 0 spiro atoms. The van der Waals surface area contributed by atoms with E-state index in [1.165, 1.54) is 9.78 Å². The summed E-state index contributed by atoms with van der Waals surface area (Å²) in [5.41, 5.74) is -0.691. The molecule has 3 amide bonds. The Labute approximate surface area is 136 Å². The topological polar surface area (TPSA) is 52.6 Å².